The van der Waals surface area contributed by atoms with Crippen molar-refractivity contribution in [2.75, 3.05) is 5.43 Å². The number of hydrazine groups is 1. The Labute approximate surface area is 88.2 Å². The number of hydrogen-bond donors (Lipinski definition) is 2. The minimum Gasteiger partial charge on any atom is -0.324 e. The van der Waals surface area contributed by atoms with E-state index in [4.69, 9.17) is 5.84 Å². The summed E-state index contributed by atoms with van der Waals surface area (Å²) < 4.78 is 62.9. The third-order valence-electron chi connectivity index (χ3n) is 1.93. The molecule has 0 amide bonds. The first-order chi connectivity index (χ1) is 7.14. The van der Waals surface area contributed by atoms with Gasteiger partial charge in [0.1, 0.15) is 0 Å². The average molecular weight is 240 g/mol. The molecule has 0 saturated heterocycles. The van der Waals surface area contributed by atoms with E-state index in [1.165, 1.54) is 0 Å². The smallest absolute Gasteiger partial charge is 0.324 e. The number of anilines is 1. The Morgan fingerprint density at radius 2 is 1.50 bits per heavy atom. The normalized spacial score (nSPS) is 12.7. The Morgan fingerprint density at radius 3 is 1.88 bits per heavy atom. The lowest BCUT2D eigenvalue weighted by Gasteiger charge is -2.15. The van der Waals surface area contributed by atoms with E-state index in [9.17, 15) is 22.0 Å². The van der Waals surface area contributed by atoms with Crippen molar-refractivity contribution in [1.29, 1.82) is 0 Å². The highest BCUT2D eigenvalue weighted by molar-refractivity contribution is 5.49. The van der Waals surface area contributed by atoms with Crippen LogP contribution in [0.3, 0.4) is 0 Å². The van der Waals surface area contributed by atoms with Crippen molar-refractivity contribution in [1.82, 2.24) is 0 Å². The van der Waals surface area contributed by atoms with E-state index in [1.807, 2.05) is 5.43 Å². The van der Waals surface area contributed by atoms with Gasteiger partial charge >= 0.3 is 6.18 Å². The van der Waals surface area contributed by atoms with Gasteiger partial charge in [-0.05, 0) is 18.2 Å². The summed E-state index contributed by atoms with van der Waals surface area (Å²) in [5.74, 6) is 1.56. The number of nitrogens with one attached hydrogen (secondary N) is 1. The molecule has 3 N–H and O–H groups in total. The SMILES string of the molecule is CC(F)(F)c1cc(NN)cc(C(F)(F)F)c1. The molecule has 0 bridgehead atoms. The number of nitrogen functional groups attached to an aromatic ring is 1. The molecule has 16 heavy (non-hydrogen) atoms. The topological polar surface area (TPSA) is 38.0 Å². The fraction of sp³-hybridized carbons (Fsp3) is 0.333. The lowest BCUT2D eigenvalue weighted by atomic mass is 10.0. The Bertz CT molecular complexity index is 348. The van der Waals surface area contributed by atoms with Gasteiger partial charge in [0.2, 0.25) is 0 Å². The molecule has 1 aromatic rings. The van der Waals surface area contributed by atoms with Crippen molar-refractivity contribution >= 4 is 5.69 Å². The predicted octanol–water partition coefficient (Wildman–Crippen LogP) is 3.10. The van der Waals surface area contributed by atoms with Crippen LogP contribution in [0.1, 0.15) is 18.1 Å². The molecule has 0 unspecified atom stereocenters. The standard InChI is InChI=1S/C9H9F5N2/c1-8(10,11)5-2-6(9(12,13)14)4-7(3-5)16-15/h2-4,16H,15H2,1H3. The summed E-state index contributed by atoms with van der Waals surface area (Å²) in [4.78, 5) is 0. The van der Waals surface area contributed by atoms with E-state index in [2.05, 4.69) is 0 Å². The number of alkyl halides is 5. The molecule has 2 nitrogen and oxygen atoms in total. The number of hydrogen-bond acceptors (Lipinski definition) is 2. The lowest BCUT2D eigenvalue weighted by molar-refractivity contribution is -0.137. The largest absolute Gasteiger partial charge is 0.416 e. The van der Waals surface area contributed by atoms with Crippen molar-refractivity contribution in [2.45, 2.75) is 19.0 Å². The Morgan fingerprint density at radius 1 is 1.00 bits per heavy atom. The van der Waals surface area contributed by atoms with Gasteiger partial charge in [-0.3, -0.25) is 5.84 Å². The van der Waals surface area contributed by atoms with E-state index >= 15 is 0 Å². The van der Waals surface area contributed by atoms with E-state index in [1.54, 1.807) is 0 Å². The highest BCUT2D eigenvalue weighted by Crippen LogP contribution is 2.36. The van der Waals surface area contributed by atoms with Gasteiger partial charge in [0.15, 0.2) is 0 Å². The fourth-order valence-corrected chi connectivity index (χ4v) is 1.13. The van der Waals surface area contributed by atoms with Crippen LogP contribution in [0.2, 0.25) is 0 Å². The van der Waals surface area contributed by atoms with Gasteiger partial charge in [0, 0.05) is 18.2 Å². The van der Waals surface area contributed by atoms with Crippen LogP contribution in [0, 0.1) is 0 Å². The summed E-state index contributed by atoms with van der Waals surface area (Å²) in [5, 5.41) is 0. The fourth-order valence-electron chi connectivity index (χ4n) is 1.13. The van der Waals surface area contributed by atoms with E-state index < -0.39 is 23.2 Å². The molecule has 0 heterocycles. The second kappa shape index (κ2) is 3.89. The third kappa shape index (κ3) is 2.82. The van der Waals surface area contributed by atoms with Crippen LogP contribution >= 0.6 is 0 Å². The first-order valence-electron chi connectivity index (χ1n) is 4.22. The second-order valence-electron chi connectivity index (χ2n) is 3.33. The van der Waals surface area contributed by atoms with Crippen LogP contribution in [-0.4, -0.2) is 0 Å². The highest BCUT2D eigenvalue weighted by atomic mass is 19.4. The summed E-state index contributed by atoms with van der Waals surface area (Å²) in [6.45, 7) is 0.517. The molecular weight excluding hydrogens is 231 g/mol. The average Bonchev–Trinajstić information content (AvgIpc) is 2.14. The highest BCUT2D eigenvalue weighted by Gasteiger charge is 2.34. The minimum absolute atomic E-state index is 0.216. The first kappa shape index (κ1) is 12.7. The van der Waals surface area contributed by atoms with Crippen molar-refractivity contribution in [3.8, 4) is 0 Å². The maximum Gasteiger partial charge on any atom is 0.416 e. The number of rotatable bonds is 2. The molecule has 1 aromatic carbocycles. The number of nitrogens with two attached hydrogens (primary N) is 1. The zero-order valence-electron chi connectivity index (χ0n) is 8.20. The van der Waals surface area contributed by atoms with Gasteiger partial charge < -0.3 is 5.43 Å². The summed E-state index contributed by atoms with van der Waals surface area (Å²) in [7, 11) is 0. The molecule has 0 aromatic heterocycles. The van der Waals surface area contributed by atoms with Crippen LogP contribution in [0.5, 0.6) is 0 Å². The summed E-state index contributed by atoms with van der Waals surface area (Å²) in [6.07, 6.45) is -4.69. The molecule has 90 valence electrons. The quantitative estimate of drug-likeness (QED) is 0.473. The zero-order valence-corrected chi connectivity index (χ0v) is 8.20. The summed E-state index contributed by atoms with van der Waals surface area (Å²) in [5.41, 5.74) is -0.205. The maximum atomic E-state index is 12.9. The zero-order chi connectivity index (χ0) is 12.6. The molecule has 0 atom stereocenters. The number of halogens is 5. The molecule has 0 aliphatic rings. The van der Waals surface area contributed by atoms with Gasteiger partial charge in [-0.1, -0.05) is 0 Å². The molecular formula is C9H9F5N2. The molecule has 0 saturated carbocycles. The molecule has 0 fully saturated rings. The molecule has 0 spiro atoms. The summed E-state index contributed by atoms with van der Waals surface area (Å²) in [6, 6.07) is 1.94. The van der Waals surface area contributed by atoms with Gasteiger partial charge in [0.05, 0.1) is 5.56 Å². The van der Waals surface area contributed by atoms with Crippen LogP contribution in [0.4, 0.5) is 27.6 Å². The van der Waals surface area contributed by atoms with Crippen molar-refractivity contribution in [3.05, 3.63) is 29.3 Å². The predicted molar refractivity (Wildman–Crippen MR) is 48.8 cm³/mol. The van der Waals surface area contributed by atoms with Crippen molar-refractivity contribution in [3.63, 3.8) is 0 Å². The molecule has 0 aliphatic carbocycles. The maximum absolute atomic E-state index is 12.9. The third-order valence-corrected chi connectivity index (χ3v) is 1.93. The van der Waals surface area contributed by atoms with E-state index in [-0.39, 0.29) is 5.69 Å². The molecule has 0 radical (unpaired) electrons. The van der Waals surface area contributed by atoms with Crippen LogP contribution in [0.15, 0.2) is 18.2 Å². The molecule has 0 aliphatic heterocycles. The lowest BCUT2D eigenvalue weighted by Crippen LogP contribution is -2.15. The van der Waals surface area contributed by atoms with Gasteiger partial charge in [-0.15, -0.1) is 0 Å². The van der Waals surface area contributed by atoms with Crippen molar-refractivity contribution < 1.29 is 22.0 Å². The van der Waals surface area contributed by atoms with Crippen molar-refractivity contribution in [2.24, 2.45) is 5.84 Å². The first-order valence-corrected chi connectivity index (χ1v) is 4.22. The van der Waals surface area contributed by atoms with Gasteiger partial charge in [0.25, 0.3) is 5.92 Å². The Hall–Kier alpha value is -1.37. The van der Waals surface area contributed by atoms with E-state index in [0.717, 1.165) is 6.07 Å². The second-order valence-corrected chi connectivity index (χ2v) is 3.33. The molecule has 7 heteroatoms. The molecule has 1 rings (SSSR count). The van der Waals surface area contributed by atoms with Crippen LogP contribution in [-0.2, 0) is 12.1 Å². The monoisotopic (exact) mass is 240 g/mol. The number of benzene rings is 1. The van der Waals surface area contributed by atoms with Gasteiger partial charge in [-0.2, -0.15) is 13.2 Å². The van der Waals surface area contributed by atoms with Crippen LogP contribution in [0.25, 0.3) is 0 Å². The summed E-state index contributed by atoms with van der Waals surface area (Å²) >= 11 is 0. The van der Waals surface area contributed by atoms with Gasteiger partial charge in [-0.25, -0.2) is 8.78 Å². The minimum atomic E-state index is -4.69. The van der Waals surface area contributed by atoms with Crippen LogP contribution < -0.4 is 11.3 Å². The Balaban J connectivity index is 3.33. The Kier molecular flexibility index (Phi) is 3.09. The van der Waals surface area contributed by atoms with E-state index in [0.29, 0.717) is 19.1 Å².